The summed E-state index contributed by atoms with van der Waals surface area (Å²) in [4.78, 5) is 0. The van der Waals surface area contributed by atoms with Gasteiger partial charge in [-0.15, -0.1) is 0 Å². The molecule has 6 saturated carbocycles. The summed E-state index contributed by atoms with van der Waals surface area (Å²) in [6.07, 6.45) is 0. The highest BCUT2D eigenvalue weighted by atomic mass is 79.9. The predicted molar refractivity (Wildman–Crippen MR) is 65.4 cm³/mol. The van der Waals surface area contributed by atoms with Crippen LogP contribution in [0, 0.1) is 41.4 Å². The van der Waals surface area contributed by atoms with Crippen LogP contribution in [0.4, 0.5) is 0 Å². The first-order valence-corrected chi connectivity index (χ1v) is 8.31. The van der Waals surface area contributed by atoms with E-state index in [2.05, 4.69) is 15.9 Å². The summed E-state index contributed by atoms with van der Waals surface area (Å²) in [5.74, 6) is 3.89. The Morgan fingerprint density at radius 2 is 1.32 bits per heavy atom. The summed E-state index contributed by atoms with van der Waals surface area (Å²) in [5.41, 5.74) is 0. The predicted octanol–water partition coefficient (Wildman–Crippen LogP) is 0.988. The quantitative estimate of drug-likeness (QED) is 0.622. The Hall–Kier alpha value is 0.320. The van der Waals surface area contributed by atoms with Gasteiger partial charge in [0.15, 0.2) is 11.6 Å². The van der Waals surface area contributed by atoms with Gasteiger partial charge < -0.3 is 18.9 Å². The number of rotatable bonds is 0. The Balaban J connectivity index is 1.50. The van der Waals surface area contributed by atoms with Gasteiger partial charge in [0.1, 0.15) is 0 Å². The van der Waals surface area contributed by atoms with Gasteiger partial charge in [-0.1, -0.05) is 15.9 Å². The zero-order chi connectivity index (χ0) is 12.2. The van der Waals surface area contributed by atoms with Crippen LogP contribution in [0.1, 0.15) is 0 Å². The van der Waals surface area contributed by atoms with Crippen molar-refractivity contribution in [2.45, 2.75) is 15.9 Å². The van der Waals surface area contributed by atoms with E-state index in [9.17, 15) is 0 Å². The van der Waals surface area contributed by atoms with E-state index in [0.29, 0.717) is 29.6 Å². The molecule has 0 aromatic rings. The molecule has 0 N–H and O–H groups in total. The van der Waals surface area contributed by atoms with Gasteiger partial charge in [-0.2, -0.15) is 0 Å². The van der Waals surface area contributed by atoms with Crippen LogP contribution in [0.15, 0.2) is 0 Å². The van der Waals surface area contributed by atoms with Gasteiger partial charge in [-0.05, 0) is 23.7 Å². The van der Waals surface area contributed by atoms with Crippen LogP contribution < -0.4 is 0 Å². The lowest BCUT2D eigenvalue weighted by Gasteiger charge is -2.66. The number of hydrogen-bond donors (Lipinski definition) is 0. The van der Waals surface area contributed by atoms with Gasteiger partial charge in [0, 0.05) is 17.8 Å². The number of halogens is 1. The van der Waals surface area contributed by atoms with Crippen LogP contribution >= 0.6 is 15.9 Å². The molecule has 0 amide bonds. The van der Waals surface area contributed by atoms with Crippen LogP contribution in [0.3, 0.4) is 0 Å². The molecule has 0 aromatic heterocycles. The molecule has 8 atom stereocenters. The fourth-order valence-corrected chi connectivity index (χ4v) is 9.45. The largest absolute Gasteiger partial charge is 0.347 e. The Morgan fingerprint density at radius 1 is 0.684 bits per heavy atom. The summed E-state index contributed by atoms with van der Waals surface area (Å²) in [7, 11) is 0. The van der Waals surface area contributed by atoms with Crippen molar-refractivity contribution >= 4 is 15.9 Å². The maximum absolute atomic E-state index is 6.21. The van der Waals surface area contributed by atoms with E-state index in [1.54, 1.807) is 0 Å². The molecule has 2 saturated heterocycles. The Morgan fingerprint density at radius 3 is 2.00 bits per heavy atom. The smallest absolute Gasteiger partial charge is 0.187 e. The third-order valence-corrected chi connectivity index (χ3v) is 9.20. The van der Waals surface area contributed by atoms with Gasteiger partial charge in [0.2, 0.25) is 0 Å². The van der Waals surface area contributed by atoms with Crippen LogP contribution in [-0.2, 0) is 18.9 Å². The van der Waals surface area contributed by atoms with E-state index >= 15 is 0 Å². The minimum Gasteiger partial charge on any atom is -0.347 e. The number of alkyl halides is 1. The van der Waals surface area contributed by atoms with Crippen molar-refractivity contribution in [1.29, 1.82) is 0 Å². The minimum absolute atomic E-state index is 0.0659. The van der Waals surface area contributed by atoms with Gasteiger partial charge in [0.25, 0.3) is 0 Å². The fourth-order valence-electron chi connectivity index (χ4n) is 7.76. The molecule has 8 rings (SSSR count). The molecule has 4 bridgehead atoms. The van der Waals surface area contributed by atoms with Crippen molar-refractivity contribution in [2.75, 3.05) is 26.4 Å². The van der Waals surface area contributed by atoms with Crippen molar-refractivity contribution in [1.82, 2.24) is 0 Å². The lowest BCUT2D eigenvalue weighted by Crippen LogP contribution is -2.71. The van der Waals surface area contributed by atoms with Crippen molar-refractivity contribution in [2.24, 2.45) is 41.4 Å². The van der Waals surface area contributed by atoms with Gasteiger partial charge in [0.05, 0.1) is 30.8 Å². The molecule has 5 heteroatoms. The van der Waals surface area contributed by atoms with E-state index in [-0.39, 0.29) is 15.9 Å². The zero-order valence-corrected chi connectivity index (χ0v) is 12.0. The molecule has 4 nitrogen and oxygen atoms in total. The highest BCUT2D eigenvalue weighted by Gasteiger charge is 3.04. The monoisotopic (exact) mass is 326 g/mol. The molecule has 2 spiro atoms. The van der Waals surface area contributed by atoms with E-state index < -0.39 is 0 Å². The highest BCUT2D eigenvalue weighted by molar-refractivity contribution is 9.10. The summed E-state index contributed by atoms with van der Waals surface area (Å²) >= 11 is 4.09. The summed E-state index contributed by atoms with van der Waals surface area (Å²) in [6.45, 7) is 3.01. The molecule has 8 aliphatic rings. The van der Waals surface area contributed by atoms with Crippen molar-refractivity contribution in [3.05, 3.63) is 0 Å². The molecule has 0 radical (unpaired) electrons. The second-order valence-electron chi connectivity index (χ2n) is 7.33. The Labute approximate surface area is 119 Å². The second-order valence-corrected chi connectivity index (χ2v) is 8.65. The maximum Gasteiger partial charge on any atom is 0.187 e. The topological polar surface area (TPSA) is 36.9 Å². The molecular weight excluding hydrogens is 312 g/mol. The summed E-state index contributed by atoms with van der Waals surface area (Å²) in [6, 6.07) is 0. The van der Waals surface area contributed by atoms with E-state index in [1.165, 1.54) is 0 Å². The zero-order valence-electron chi connectivity index (χ0n) is 10.4. The first kappa shape index (κ1) is 10.1. The van der Waals surface area contributed by atoms with E-state index in [4.69, 9.17) is 18.9 Å². The summed E-state index contributed by atoms with van der Waals surface area (Å²) in [5, 5.41) is 0. The van der Waals surface area contributed by atoms with E-state index in [0.717, 1.165) is 38.3 Å². The lowest BCUT2D eigenvalue weighted by atomic mass is 9.41. The molecule has 102 valence electrons. The van der Waals surface area contributed by atoms with E-state index in [1.807, 2.05) is 0 Å². The van der Waals surface area contributed by atoms with Gasteiger partial charge in [-0.25, -0.2) is 0 Å². The fraction of sp³-hybridized carbons (Fsp3) is 1.00. The average Bonchev–Trinajstić information content (AvgIpc) is 3.15. The first-order chi connectivity index (χ1) is 9.27. The van der Waals surface area contributed by atoms with Crippen LogP contribution in [0.2, 0.25) is 0 Å². The molecule has 19 heavy (non-hydrogen) atoms. The molecule has 0 unspecified atom stereocenters. The van der Waals surface area contributed by atoms with Crippen molar-refractivity contribution < 1.29 is 18.9 Å². The standard InChI is InChI=1S/C14H15BrO4/c15-12-7-5-8-6(7)10(14(12)18-3-4-19-14)11(9(5)12)13(8)16-1-2-17-13/h5-11H,1-4H2/t5-,6-,7+,8-,9+,10+,11+,12+/m1/s1. The second kappa shape index (κ2) is 2.45. The Bertz CT molecular complexity index is 526. The average molecular weight is 327 g/mol. The molecule has 8 fully saturated rings. The van der Waals surface area contributed by atoms with Crippen LogP contribution in [0.25, 0.3) is 0 Å². The molecule has 2 aliphatic heterocycles. The van der Waals surface area contributed by atoms with Crippen LogP contribution in [-0.4, -0.2) is 42.3 Å². The highest BCUT2D eigenvalue weighted by Crippen LogP contribution is 2.97. The molecule has 0 aromatic carbocycles. The first-order valence-electron chi connectivity index (χ1n) is 7.52. The molecular formula is C14H15BrO4. The maximum atomic E-state index is 6.21. The molecule has 2 heterocycles. The third-order valence-electron chi connectivity index (χ3n) is 7.59. The lowest BCUT2D eigenvalue weighted by molar-refractivity contribution is -0.243. The van der Waals surface area contributed by atoms with Crippen molar-refractivity contribution in [3.63, 3.8) is 0 Å². The number of hydrogen-bond acceptors (Lipinski definition) is 4. The SMILES string of the molecule is Br[C@@]12[C@@H]3[C@@H]4[C@H]5[C@@H]3[C@H]1[C@@H]([C@H]4C21OCCO1)C51OCCO1. The Kier molecular flexibility index (Phi) is 1.31. The molecule has 6 aliphatic carbocycles. The van der Waals surface area contributed by atoms with Gasteiger partial charge in [-0.3, -0.25) is 0 Å². The van der Waals surface area contributed by atoms with Gasteiger partial charge >= 0.3 is 0 Å². The minimum atomic E-state index is -0.359. The van der Waals surface area contributed by atoms with Crippen LogP contribution in [0.5, 0.6) is 0 Å². The summed E-state index contributed by atoms with van der Waals surface area (Å²) < 4.78 is 24.8. The number of ether oxygens (including phenoxy) is 4. The third kappa shape index (κ3) is 0.612. The van der Waals surface area contributed by atoms with Crippen molar-refractivity contribution in [3.8, 4) is 0 Å². The normalized spacial score (nSPS) is 70.3.